The maximum absolute atomic E-state index is 11.6. The van der Waals surface area contributed by atoms with E-state index in [1.807, 2.05) is 66.9 Å². The minimum atomic E-state index is -1.51. The fourth-order valence-electron chi connectivity index (χ4n) is 6.06. The molecule has 1 unspecified atom stereocenters. The van der Waals surface area contributed by atoms with Crippen molar-refractivity contribution in [3.8, 4) is 5.88 Å². The molecule has 5 N–H and O–H groups in total. The van der Waals surface area contributed by atoms with Crippen LogP contribution in [0, 0.1) is 0 Å². The van der Waals surface area contributed by atoms with E-state index in [0.29, 0.717) is 61.3 Å². The smallest absolute Gasteiger partial charge is 0.220 e. The predicted molar refractivity (Wildman–Crippen MR) is 182 cm³/mol. The number of halogens is 2. The summed E-state index contributed by atoms with van der Waals surface area (Å²) in [5.74, 6) is 0.633. The van der Waals surface area contributed by atoms with Gasteiger partial charge in [0.25, 0.3) is 0 Å². The monoisotopic (exact) mass is 681 g/mol. The maximum atomic E-state index is 11.6. The number of hydrogen-bond donors (Lipinski definition) is 5. The van der Waals surface area contributed by atoms with Crippen LogP contribution in [-0.2, 0) is 28.2 Å². The quantitative estimate of drug-likeness (QED) is 0.168. The van der Waals surface area contributed by atoms with Gasteiger partial charge in [0, 0.05) is 67.7 Å². The number of carbonyl (C=O) groups excluding carboxylic acids is 2. The first kappa shape index (κ1) is 32.5. The number of ether oxygens (including phenoxy) is 1. The van der Waals surface area contributed by atoms with Crippen LogP contribution < -0.4 is 31.3 Å². The highest BCUT2D eigenvalue weighted by molar-refractivity contribution is 7.15. The van der Waals surface area contributed by atoms with Gasteiger partial charge in [0.1, 0.15) is 5.54 Å². The topological polar surface area (TPSA) is 129 Å². The lowest BCUT2D eigenvalue weighted by atomic mass is 9.79. The molecular weight excluding hydrogens is 645 g/mol. The Morgan fingerprint density at radius 1 is 0.978 bits per heavy atom. The van der Waals surface area contributed by atoms with Gasteiger partial charge in [-0.1, -0.05) is 71.8 Å². The molecule has 0 spiro atoms. The molecule has 6 rings (SSSR count). The molecule has 10 nitrogen and oxygen atoms in total. The van der Waals surface area contributed by atoms with Crippen LogP contribution in [0.3, 0.4) is 0 Å². The first-order valence-corrected chi connectivity index (χ1v) is 17.0. The summed E-state index contributed by atoms with van der Waals surface area (Å²) >= 11 is 16.4. The van der Waals surface area contributed by atoms with E-state index in [-0.39, 0.29) is 23.9 Å². The van der Waals surface area contributed by atoms with Crippen LogP contribution in [0.2, 0.25) is 0 Å². The second-order valence-electron chi connectivity index (χ2n) is 11.7. The summed E-state index contributed by atoms with van der Waals surface area (Å²) in [7, 11) is 1.59. The lowest BCUT2D eigenvalue weighted by molar-refractivity contribution is -0.120. The summed E-state index contributed by atoms with van der Waals surface area (Å²) in [4.78, 5) is 33.8. The number of methoxy groups -OCH3 is 1. The van der Waals surface area contributed by atoms with E-state index >= 15 is 0 Å². The average Bonchev–Trinajstić information content (AvgIpc) is 3.80. The van der Waals surface area contributed by atoms with Gasteiger partial charge >= 0.3 is 0 Å². The number of thiazole rings is 1. The Morgan fingerprint density at radius 3 is 2.33 bits per heavy atom. The lowest BCUT2D eigenvalue weighted by Gasteiger charge is -2.44. The van der Waals surface area contributed by atoms with Crippen molar-refractivity contribution in [2.24, 2.45) is 0 Å². The Hall–Kier alpha value is -3.48. The molecular formula is C33H37Cl2N7O3S. The van der Waals surface area contributed by atoms with Gasteiger partial charge in [-0.15, -0.1) is 11.3 Å². The number of allylic oxidation sites excluding steroid dienone is 2. The normalized spacial score (nSPS) is 23.6. The van der Waals surface area contributed by atoms with E-state index in [4.69, 9.17) is 32.9 Å². The lowest BCUT2D eigenvalue weighted by Crippen LogP contribution is -2.51. The number of carbonyl (C=O) groups is 2. The first-order chi connectivity index (χ1) is 22.3. The van der Waals surface area contributed by atoms with Crippen molar-refractivity contribution in [2.45, 2.75) is 60.7 Å². The number of pyridine rings is 1. The Labute approximate surface area is 282 Å². The number of benzene rings is 1. The predicted octanol–water partition coefficient (Wildman–Crippen LogP) is 4.42. The summed E-state index contributed by atoms with van der Waals surface area (Å²) in [6, 6.07) is 13.9. The van der Waals surface area contributed by atoms with Crippen LogP contribution in [0.5, 0.6) is 5.88 Å². The second kappa shape index (κ2) is 14.1. The molecule has 2 fully saturated rings. The van der Waals surface area contributed by atoms with Gasteiger partial charge in [0.05, 0.1) is 12.8 Å². The summed E-state index contributed by atoms with van der Waals surface area (Å²) in [5.41, 5.74) is 1.80. The first-order valence-electron chi connectivity index (χ1n) is 15.4. The molecule has 0 radical (unpaired) electrons. The standard InChI is InChI=1S/C33H37Cl2N7O3S/c1-45-30-22(16-36-17-23-10-13-28(43)39-23)9-12-27(41-30)32(15-5-8-26(33(32,34)35)21-6-3-2-4-7-21)42-31-38-20-25(46-31)19-37-18-24-11-14-29(44)40-24/h2-9,12,15,20,23-24,36-37H,10-11,13-14,16-19H2,1H3,(H,38,42)(H,39,43)(H,40,44)/t23-,24-,32?/m0/s1. The highest BCUT2D eigenvalue weighted by Gasteiger charge is 2.55. The van der Waals surface area contributed by atoms with Gasteiger partial charge in [0.15, 0.2) is 9.46 Å². The van der Waals surface area contributed by atoms with Gasteiger partial charge in [-0.3, -0.25) is 9.59 Å². The number of hydrogen-bond acceptors (Lipinski definition) is 9. The highest BCUT2D eigenvalue weighted by Crippen LogP contribution is 2.54. The van der Waals surface area contributed by atoms with E-state index < -0.39 is 9.87 Å². The van der Waals surface area contributed by atoms with Crippen molar-refractivity contribution >= 4 is 57.1 Å². The number of alkyl halides is 2. The van der Waals surface area contributed by atoms with Crippen molar-refractivity contribution in [3.05, 3.63) is 88.6 Å². The van der Waals surface area contributed by atoms with Gasteiger partial charge in [-0.2, -0.15) is 0 Å². The molecule has 3 aromatic rings. The molecule has 242 valence electrons. The van der Waals surface area contributed by atoms with Crippen molar-refractivity contribution in [3.63, 3.8) is 0 Å². The third kappa shape index (κ3) is 6.94. The fraction of sp³-hybridized carbons (Fsp3) is 0.394. The fourth-order valence-corrected chi connectivity index (χ4v) is 7.67. The molecule has 2 aromatic heterocycles. The molecule has 3 atom stereocenters. The summed E-state index contributed by atoms with van der Waals surface area (Å²) < 4.78 is 4.26. The van der Waals surface area contributed by atoms with Crippen LogP contribution >= 0.6 is 34.5 Å². The van der Waals surface area contributed by atoms with Gasteiger partial charge < -0.3 is 31.3 Å². The van der Waals surface area contributed by atoms with Crippen LogP contribution in [-0.4, -0.2) is 58.4 Å². The number of aromatic nitrogens is 2. The molecule has 46 heavy (non-hydrogen) atoms. The van der Waals surface area contributed by atoms with Crippen LogP contribution in [0.15, 0.2) is 66.9 Å². The summed E-state index contributed by atoms with van der Waals surface area (Å²) in [5, 5.41) is 17.0. The maximum Gasteiger partial charge on any atom is 0.220 e. The van der Waals surface area contributed by atoms with Gasteiger partial charge in [-0.05, 0) is 36.1 Å². The largest absolute Gasteiger partial charge is 0.481 e. The molecule has 2 saturated heterocycles. The minimum absolute atomic E-state index is 0.0889. The van der Waals surface area contributed by atoms with Crippen LogP contribution in [0.25, 0.3) is 5.57 Å². The third-order valence-corrected chi connectivity index (χ3v) is 10.4. The van der Waals surface area contributed by atoms with Crippen molar-refractivity contribution in [1.29, 1.82) is 0 Å². The van der Waals surface area contributed by atoms with Crippen molar-refractivity contribution < 1.29 is 14.3 Å². The van der Waals surface area contributed by atoms with Crippen LogP contribution in [0.4, 0.5) is 5.13 Å². The van der Waals surface area contributed by atoms with Gasteiger partial charge in [0.2, 0.25) is 17.7 Å². The Bertz CT molecular complexity index is 1630. The minimum Gasteiger partial charge on any atom is -0.481 e. The number of nitrogens with zero attached hydrogens (tertiary/aromatic N) is 2. The molecule has 1 aliphatic carbocycles. The Morgan fingerprint density at radius 2 is 1.67 bits per heavy atom. The summed E-state index contributed by atoms with van der Waals surface area (Å²) in [6.45, 7) is 2.46. The van der Waals surface area contributed by atoms with E-state index in [2.05, 4.69) is 31.6 Å². The zero-order chi connectivity index (χ0) is 32.1. The molecule has 0 saturated carbocycles. The molecule has 2 amide bonds. The highest BCUT2D eigenvalue weighted by atomic mass is 35.5. The third-order valence-electron chi connectivity index (χ3n) is 8.49. The zero-order valence-electron chi connectivity index (χ0n) is 25.4. The molecule has 3 aliphatic rings. The Balaban J connectivity index is 1.26. The van der Waals surface area contributed by atoms with Crippen molar-refractivity contribution in [2.75, 3.05) is 25.5 Å². The number of amides is 2. The molecule has 4 heterocycles. The SMILES string of the molecule is COc1nc(C2(Nc3ncc(CNC[C@@H]4CCC(=O)N4)s3)C=CC=C(c3ccccc3)C2(Cl)Cl)ccc1CNC[C@@H]1CCC(=O)N1. The number of rotatable bonds is 13. The number of nitrogens with one attached hydrogen (secondary N) is 5. The second-order valence-corrected chi connectivity index (χ2v) is 14.1. The molecule has 2 aliphatic heterocycles. The number of anilines is 1. The molecule has 0 bridgehead atoms. The van der Waals surface area contributed by atoms with Crippen LogP contribution in [0.1, 0.15) is 47.4 Å². The van der Waals surface area contributed by atoms with E-state index in [1.165, 1.54) is 11.3 Å². The van der Waals surface area contributed by atoms with E-state index in [1.54, 1.807) is 7.11 Å². The zero-order valence-corrected chi connectivity index (χ0v) is 27.8. The average molecular weight is 683 g/mol. The van der Waals surface area contributed by atoms with E-state index in [9.17, 15) is 9.59 Å². The molecule has 13 heteroatoms. The van der Waals surface area contributed by atoms with Crippen molar-refractivity contribution in [1.82, 2.24) is 31.2 Å². The van der Waals surface area contributed by atoms with E-state index in [0.717, 1.165) is 28.8 Å². The summed E-state index contributed by atoms with van der Waals surface area (Å²) in [6.07, 6.45) is 10.4. The van der Waals surface area contributed by atoms with Gasteiger partial charge in [-0.25, -0.2) is 9.97 Å². The molecule has 1 aromatic carbocycles. The Kier molecular flexibility index (Phi) is 9.95.